The SMILES string of the molecule is Cc1cccc(-c2cc(Cl)c(C)c(NN=C3C(=O)N(c4cccc(C(=O)O)c4)c4ccccc43)c2O)c1. The van der Waals surface area contributed by atoms with Crippen LogP contribution in [0, 0.1) is 13.8 Å². The van der Waals surface area contributed by atoms with Crippen LogP contribution < -0.4 is 10.3 Å². The van der Waals surface area contributed by atoms with Gasteiger partial charge in [0.25, 0.3) is 5.91 Å². The summed E-state index contributed by atoms with van der Waals surface area (Å²) in [7, 11) is 0. The molecule has 4 aromatic rings. The Morgan fingerprint density at radius 3 is 2.46 bits per heavy atom. The van der Waals surface area contributed by atoms with E-state index in [1.807, 2.05) is 31.2 Å². The van der Waals surface area contributed by atoms with Crippen LogP contribution in [-0.2, 0) is 4.79 Å². The molecule has 0 unspecified atom stereocenters. The van der Waals surface area contributed by atoms with Gasteiger partial charge in [0.2, 0.25) is 0 Å². The average molecular weight is 512 g/mol. The van der Waals surface area contributed by atoms with Crippen LogP contribution in [0.5, 0.6) is 5.75 Å². The van der Waals surface area contributed by atoms with E-state index < -0.39 is 11.9 Å². The molecule has 0 saturated carbocycles. The fraction of sp³-hybridized carbons (Fsp3) is 0.0690. The molecule has 3 N–H and O–H groups in total. The molecular formula is C29H22ClN3O4. The molecule has 0 bridgehead atoms. The van der Waals surface area contributed by atoms with E-state index in [0.717, 1.165) is 11.1 Å². The monoisotopic (exact) mass is 511 g/mol. The van der Waals surface area contributed by atoms with Gasteiger partial charge in [0.05, 0.1) is 16.9 Å². The summed E-state index contributed by atoms with van der Waals surface area (Å²) in [5, 5.41) is 25.4. The van der Waals surface area contributed by atoms with Crippen molar-refractivity contribution in [2.75, 3.05) is 10.3 Å². The average Bonchev–Trinajstić information content (AvgIpc) is 3.17. The van der Waals surface area contributed by atoms with Gasteiger partial charge in [0.15, 0.2) is 5.71 Å². The number of hydrogen-bond donors (Lipinski definition) is 3. The number of rotatable bonds is 5. The number of carboxylic acids is 1. The lowest BCUT2D eigenvalue weighted by atomic mass is 10.00. The van der Waals surface area contributed by atoms with Crippen molar-refractivity contribution in [2.45, 2.75) is 13.8 Å². The summed E-state index contributed by atoms with van der Waals surface area (Å²) < 4.78 is 0. The number of carbonyl (C=O) groups is 2. The molecule has 37 heavy (non-hydrogen) atoms. The van der Waals surface area contributed by atoms with Crippen molar-refractivity contribution in [1.82, 2.24) is 0 Å². The highest BCUT2D eigenvalue weighted by Crippen LogP contribution is 2.42. The largest absolute Gasteiger partial charge is 0.505 e. The number of hydrazone groups is 1. The maximum absolute atomic E-state index is 13.5. The number of carboxylic acid groups (broad SMARTS) is 1. The van der Waals surface area contributed by atoms with Gasteiger partial charge in [-0.25, -0.2) is 4.79 Å². The Bertz CT molecular complexity index is 1610. The summed E-state index contributed by atoms with van der Waals surface area (Å²) in [6, 6.07) is 22.6. The second-order valence-corrected chi connectivity index (χ2v) is 9.12. The number of aromatic carboxylic acids is 1. The number of nitrogens with zero attached hydrogens (tertiary/aromatic N) is 2. The number of para-hydroxylation sites is 1. The molecule has 7 nitrogen and oxygen atoms in total. The highest BCUT2D eigenvalue weighted by atomic mass is 35.5. The molecule has 0 radical (unpaired) electrons. The Labute approximate surface area is 218 Å². The van der Waals surface area contributed by atoms with Crippen LogP contribution in [0.4, 0.5) is 17.1 Å². The number of phenols is 1. The van der Waals surface area contributed by atoms with Crippen molar-refractivity contribution in [1.29, 1.82) is 0 Å². The first-order valence-electron chi connectivity index (χ1n) is 11.5. The number of aromatic hydroxyl groups is 1. The summed E-state index contributed by atoms with van der Waals surface area (Å²) in [5.74, 6) is -1.57. The van der Waals surface area contributed by atoms with Gasteiger partial charge in [0, 0.05) is 16.1 Å². The minimum absolute atomic E-state index is 0.0402. The molecule has 0 fully saturated rings. The Morgan fingerprint density at radius 1 is 0.946 bits per heavy atom. The molecule has 5 rings (SSSR count). The van der Waals surface area contributed by atoms with E-state index >= 15 is 0 Å². The Hall–Kier alpha value is -4.62. The molecule has 0 aliphatic carbocycles. The Morgan fingerprint density at radius 2 is 1.70 bits per heavy atom. The van der Waals surface area contributed by atoms with Gasteiger partial charge in [-0.05, 0) is 55.3 Å². The lowest BCUT2D eigenvalue weighted by Crippen LogP contribution is -2.26. The van der Waals surface area contributed by atoms with E-state index in [9.17, 15) is 19.8 Å². The van der Waals surface area contributed by atoms with E-state index in [1.165, 1.54) is 17.0 Å². The first kappa shape index (κ1) is 24.1. The number of benzene rings is 4. The molecule has 0 saturated heterocycles. The number of anilines is 3. The van der Waals surface area contributed by atoms with Crippen molar-refractivity contribution in [3.05, 3.63) is 106 Å². The molecular weight excluding hydrogens is 490 g/mol. The number of phenolic OH excluding ortho intramolecular Hbond substituents is 1. The summed E-state index contributed by atoms with van der Waals surface area (Å²) in [6.45, 7) is 3.71. The van der Waals surface area contributed by atoms with Gasteiger partial charge in [-0.15, -0.1) is 0 Å². The first-order valence-corrected chi connectivity index (χ1v) is 11.8. The predicted octanol–water partition coefficient (Wildman–Crippen LogP) is 6.52. The van der Waals surface area contributed by atoms with E-state index in [1.54, 1.807) is 49.4 Å². The number of carbonyl (C=O) groups excluding carboxylic acids is 1. The van der Waals surface area contributed by atoms with E-state index in [2.05, 4.69) is 10.5 Å². The number of fused-ring (bicyclic) bond motifs is 1. The van der Waals surface area contributed by atoms with Crippen LogP contribution in [0.15, 0.2) is 84.0 Å². The molecule has 8 heteroatoms. The molecule has 0 atom stereocenters. The van der Waals surface area contributed by atoms with E-state index in [0.29, 0.717) is 33.1 Å². The van der Waals surface area contributed by atoms with Gasteiger partial charge in [0.1, 0.15) is 11.4 Å². The highest BCUT2D eigenvalue weighted by Gasteiger charge is 2.35. The van der Waals surface area contributed by atoms with E-state index in [4.69, 9.17) is 11.6 Å². The summed E-state index contributed by atoms with van der Waals surface area (Å²) in [5.41, 5.74) is 7.82. The minimum Gasteiger partial charge on any atom is -0.505 e. The summed E-state index contributed by atoms with van der Waals surface area (Å²) >= 11 is 6.51. The van der Waals surface area contributed by atoms with Crippen molar-refractivity contribution in [2.24, 2.45) is 5.10 Å². The normalized spacial score (nSPS) is 13.6. The quantitative estimate of drug-likeness (QED) is 0.209. The molecule has 1 heterocycles. The molecule has 184 valence electrons. The summed E-state index contributed by atoms with van der Waals surface area (Å²) in [6.07, 6.45) is 0. The van der Waals surface area contributed by atoms with Gasteiger partial charge in [-0.1, -0.05) is 65.7 Å². The van der Waals surface area contributed by atoms with Gasteiger partial charge in [-0.2, -0.15) is 5.10 Å². The third kappa shape index (κ3) is 4.30. The molecule has 4 aromatic carbocycles. The van der Waals surface area contributed by atoms with Crippen molar-refractivity contribution in [3.8, 4) is 16.9 Å². The molecule has 1 amide bonds. The lowest BCUT2D eigenvalue weighted by Gasteiger charge is -2.17. The van der Waals surface area contributed by atoms with Crippen LogP contribution in [0.25, 0.3) is 11.1 Å². The zero-order valence-corrected chi connectivity index (χ0v) is 20.7. The van der Waals surface area contributed by atoms with Crippen LogP contribution >= 0.6 is 11.6 Å². The van der Waals surface area contributed by atoms with Gasteiger partial charge in [-0.3, -0.25) is 15.1 Å². The minimum atomic E-state index is -1.09. The first-order chi connectivity index (χ1) is 17.8. The van der Waals surface area contributed by atoms with Crippen molar-refractivity contribution >= 4 is 46.3 Å². The standard InChI is InChI=1S/C29H22ClN3O4/c1-16-7-5-8-18(13-16)22-15-23(30)17(2)25(27(22)34)31-32-26-21-11-3-4-12-24(21)33(28(26)35)20-10-6-9-19(14-20)29(36)37/h3-15,31,34H,1-2H3,(H,36,37). The zero-order valence-electron chi connectivity index (χ0n) is 20.0. The molecule has 1 aliphatic rings. The number of nitrogens with one attached hydrogen (secondary N) is 1. The predicted molar refractivity (Wildman–Crippen MR) is 145 cm³/mol. The Balaban J connectivity index is 1.57. The molecule has 1 aliphatic heterocycles. The third-order valence-electron chi connectivity index (χ3n) is 6.26. The number of aryl methyl sites for hydroxylation is 1. The van der Waals surface area contributed by atoms with Crippen LogP contribution in [-0.4, -0.2) is 27.8 Å². The van der Waals surface area contributed by atoms with Crippen LogP contribution in [0.3, 0.4) is 0 Å². The number of halogens is 1. The third-order valence-corrected chi connectivity index (χ3v) is 6.65. The van der Waals surface area contributed by atoms with Gasteiger partial charge < -0.3 is 10.2 Å². The van der Waals surface area contributed by atoms with Gasteiger partial charge >= 0.3 is 5.97 Å². The zero-order chi connectivity index (χ0) is 26.3. The number of amides is 1. The summed E-state index contributed by atoms with van der Waals surface area (Å²) in [4.78, 5) is 26.5. The fourth-order valence-corrected chi connectivity index (χ4v) is 4.56. The van der Waals surface area contributed by atoms with E-state index in [-0.39, 0.29) is 22.7 Å². The molecule has 0 spiro atoms. The van der Waals surface area contributed by atoms with Crippen LogP contribution in [0.2, 0.25) is 5.02 Å². The second-order valence-electron chi connectivity index (χ2n) is 8.71. The topological polar surface area (TPSA) is 102 Å². The van der Waals surface area contributed by atoms with Crippen molar-refractivity contribution in [3.63, 3.8) is 0 Å². The second kappa shape index (κ2) is 9.44. The maximum Gasteiger partial charge on any atom is 0.335 e. The fourth-order valence-electron chi connectivity index (χ4n) is 4.36. The smallest absolute Gasteiger partial charge is 0.335 e. The maximum atomic E-state index is 13.5. The van der Waals surface area contributed by atoms with Crippen molar-refractivity contribution < 1.29 is 19.8 Å². The lowest BCUT2D eigenvalue weighted by molar-refractivity contribution is -0.111. The Kier molecular flexibility index (Phi) is 6.15. The molecule has 0 aromatic heterocycles. The van der Waals surface area contributed by atoms with Crippen LogP contribution in [0.1, 0.15) is 27.0 Å². The number of hydrogen-bond acceptors (Lipinski definition) is 5. The highest BCUT2D eigenvalue weighted by molar-refractivity contribution is 6.55.